The highest BCUT2D eigenvalue weighted by Crippen LogP contribution is 2.45. The van der Waals surface area contributed by atoms with Crippen molar-refractivity contribution >= 4 is 33.2 Å². The molecule has 0 aromatic heterocycles. The Morgan fingerprint density at radius 1 is 1.24 bits per heavy atom. The fourth-order valence-corrected chi connectivity index (χ4v) is 5.87. The third kappa shape index (κ3) is 2.94. The van der Waals surface area contributed by atoms with Crippen LogP contribution in [0.2, 0.25) is 10.0 Å². The first-order valence-corrected chi connectivity index (χ1v) is 9.35. The van der Waals surface area contributed by atoms with Crippen molar-refractivity contribution in [1.29, 1.82) is 0 Å². The van der Waals surface area contributed by atoms with E-state index in [0.29, 0.717) is 22.4 Å². The number of fused-ring (bicyclic) bond motifs is 2. The Balaban J connectivity index is 1.90. The van der Waals surface area contributed by atoms with Gasteiger partial charge in [-0.15, -0.1) is 0 Å². The number of hydrogen-bond donors (Lipinski definition) is 2. The number of sulfonamides is 1. The molecule has 2 fully saturated rings. The van der Waals surface area contributed by atoms with Crippen LogP contribution in [0.4, 0.5) is 0 Å². The van der Waals surface area contributed by atoms with Gasteiger partial charge in [-0.2, -0.15) is 0 Å². The molecule has 0 aliphatic heterocycles. The molecule has 2 bridgehead atoms. The van der Waals surface area contributed by atoms with Gasteiger partial charge in [-0.1, -0.05) is 29.6 Å². The van der Waals surface area contributed by atoms with Crippen molar-refractivity contribution in [1.82, 2.24) is 4.72 Å². The first-order valence-electron chi connectivity index (χ1n) is 7.11. The molecule has 3 unspecified atom stereocenters. The van der Waals surface area contributed by atoms with Gasteiger partial charge in [0.2, 0.25) is 10.0 Å². The minimum absolute atomic E-state index is 0.0186. The standard InChI is InChI=1S/C14H18Cl2N2O2S/c15-11-5-10(7-17)14(16)13(6-11)21(19,20)18-12-4-8-1-2-9(12)3-8/h5-6,8-9,12,18H,1-4,7,17H2. The highest BCUT2D eigenvalue weighted by Gasteiger charge is 2.41. The molecule has 21 heavy (non-hydrogen) atoms. The maximum absolute atomic E-state index is 12.6. The molecule has 1 aromatic carbocycles. The van der Waals surface area contributed by atoms with Gasteiger partial charge < -0.3 is 5.73 Å². The lowest BCUT2D eigenvalue weighted by Crippen LogP contribution is -2.38. The Kier molecular flexibility index (Phi) is 4.23. The minimum atomic E-state index is -3.67. The van der Waals surface area contributed by atoms with E-state index in [4.69, 9.17) is 28.9 Å². The molecule has 116 valence electrons. The van der Waals surface area contributed by atoms with E-state index in [-0.39, 0.29) is 22.5 Å². The van der Waals surface area contributed by atoms with E-state index >= 15 is 0 Å². The first kappa shape index (κ1) is 15.6. The molecule has 0 amide bonds. The summed E-state index contributed by atoms with van der Waals surface area (Å²) in [6.07, 6.45) is 4.38. The minimum Gasteiger partial charge on any atom is -0.326 e. The van der Waals surface area contributed by atoms with Gasteiger partial charge in [0.05, 0.1) is 5.02 Å². The SMILES string of the molecule is NCc1cc(Cl)cc(S(=O)(=O)NC2CC3CCC2C3)c1Cl. The summed E-state index contributed by atoms with van der Waals surface area (Å²) < 4.78 is 28.0. The largest absolute Gasteiger partial charge is 0.326 e. The number of nitrogens with two attached hydrogens (primary N) is 1. The van der Waals surface area contributed by atoms with Crippen LogP contribution in [-0.4, -0.2) is 14.5 Å². The van der Waals surface area contributed by atoms with E-state index in [9.17, 15) is 8.42 Å². The predicted octanol–water partition coefficient (Wildman–Crippen LogP) is 2.92. The normalized spacial score (nSPS) is 28.2. The Hall–Kier alpha value is -0.330. The van der Waals surface area contributed by atoms with Crippen LogP contribution in [0, 0.1) is 11.8 Å². The maximum atomic E-state index is 12.6. The lowest BCUT2D eigenvalue weighted by atomic mass is 9.96. The van der Waals surface area contributed by atoms with E-state index in [2.05, 4.69) is 4.72 Å². The number of nitrogens with one attached hydrogen (secondary N) is 1. The van der Waals surface area contributed by atoms with E-state index < -0.39 is 10.0 Å². The van der Waals surface area contributed by atoms with Gasteiger partial charge in [-0.3, -0.25) is 0 Å². The molecule has 0 spiro atoms. The van der Waals surface area contributed by atoms with Gasteiger partial charge in [0, 0.05) is 17.6 Å². The Labute approximate surface area is 135 Å². The zero-order chi connectivity index (χ0) is 15.2. The van der Waals surface area contributed by atoms with Crippen molar-refractivity contribution in [3.05, 3.63) is 27.7 Å². The molecular weight excluding hydrogens is 331 g/mol. The van der Waals surface area contributed by atoms with Crippen molar-refractivity contribution < 1.29 is 8.42 Å². The van der Waals surface area contributed by atoms with Crippen LogP contribution >= 0.6 is 23.2 Å². The van der Waals surface area contributed by atoms with E-state index in [1.54, 1.807) is 6.07 Å². The summed E-state index contributed by atoms with van der Waals surface area (Å²) in [5.74, 6) is 1.12. The third-order valence-corrected chi connectivity index (χ3v) is 6.92. The molecule has 2 aliphatic rings. The number of benzene rings is 1. The fraction of sp³-hybridized carbons (Fsp3) is 0.571. The number of halogens is 2. The van der Waals surface area contributed by atoms with Crippen molar-refractivity contribution in [2.75, 3.05) is 0 Å². The average molecular weight is 349 g/mol. The summed E-state index contributed by atoms with van der Waals surface area (Å²) in [6.45, 7) is 0.149. The van der Waals surface area contributed by atoms with E-state index in [0.717, 1.165) is 19.3 Å². The molecule has 7 heteroatoms. The van der Waals surface area contributed by atoms with E-state index in [1.807, 2.05) is 0 Å². The second-order valence-electron chi connectivity index (χ2n) is 5.98. The molecule has 1 aromatic rings. The molecule has 3 N–H and O–H groups in total. The van der Waals surface area contributed by atoms with Crippen molar-refractivity contribution in [2.45, 2.75) is 43.2 Å². The summed E-state index contributed by atoms with van der Waals surface area (Å²) in [5.41, 5.74) is 6.13. The monoisotopic (exact) mass is 348 g/mol. The van der Waals surface area contributed by atoms with Crippen LogP contribution in [0.15, 0.2) is 17.0 Å². The van der Waals surface area contributed by atoms with Crippen LogP contribution < -0.4 is 10.5 Å². The van der Waals surface area contributed by atoms with Crippen molar-refractivity contribution in [3.8, 4) is 0 Å². The lowest BCUT2D eigenvalue weighted by Gasteiger charge is -2.23. The number of rotatable bonds is 4. The third-order valence-electron chi connectivity index (χ3n) is 4.63. The van der Waals surface area contributed by atoms with Crippen LogP contribution in [-0.2, 0) is 16.6 Å². The quantitative estimate of drug-likeness (QED) is 0.878. The molecule has 3 rings (SSSR count). The van der Waals surface area contributed by atoms with Crippen LogP contribution in [0.5, 0.6) is 0 Å². The van der Waals surface area contributed by atoms with Crippen molar-refractivity contribution in [2.24, 2.45) is 17.6 Å². The van der Waals surface area contributed by atoms with Gasteiger partial charge in [0.15, 0.2) is 0 Å². The van der Waals surface area contributed by atoms with Crippen LogP contribution in [0.25, 0.3) is 0 Å². The zero-order valence-electron chi connectivity index (χ0n) is 11.5. The smallest absolute Gasteiger partial charge is 0.242 e. The average Bonchev–Trinajstić information content (AvgIpc) is 3.02. The Morgan fingerprint density at radius 2 is 2.00 bits per heavy atom. The summed E-state index contributed by atoms with van der Waals surface area (Å²) in [6, 6.07) is 3.00. The molecule has 2 saturated carbocycles. The van der Waals surface area contributed by atoms with Crippen LogP contribution in [0.3, 0.4) is 0 Å². The van der Waals surface area contributed by atoms with Gasteiger partial charge in [0.25, 0.3) is 0 Å². The first-order chi connectivity index (χ1) is 9.90. The summed E-state index contributed by atoms with van der Waals surface area (Å²) >= 11 is 12.2. The summed E-state index contributed by atoms with van der Waals surface area (Å²) in [5, 5.41) is 0.491. The molecular formula is C14H18Cl2N2O2S. The van der Waals surface area contributed by atoms with Crippen molar-refractivity contribution in [3.63, 3.8) is 0 Å². The molecule has 0 saturated heterocycles. The highest BCUT2D eigenvalue weighted by molar-refractivity contribution is 7.89. The maximum Gasteiger partial charge on any atom is 0.242 e. The van der Waals surface area contributed by atoms with Gasteiger partial charge in [-0.25, -0.2) is 13.1 Å². The van der Waals surface area contributed by atoms with Crippen LogP contribution in [0.1, 0.15) is 31.2 Å². The summed E-state index contributed by atoms with van der Waals surface area (Å²) in [7, 11) is -3.67. The van der Waals surface area contributed by atoms with Gasteiger partial charge >= 0.3 is 0 Å². The molecule has 4 nitrogen and oxygen atoms in total. The fourth-order valence-electron chi connectivity index (χ4n) is 3.61. The second-order valence-corrected chi connectivity index (χ2v) is 8.48. The highest BCUT2D eigenvalue weighted by atomic mass is 35.5. The topological polar surface area (TPSA) is 72.2 Å². The predicted molar refractivity (Wildman–Crippen MR) is 83.9 cm³/mol. The Morgan fingerprint density at radius 3 is 2.57 bits per heavy atom. The molecule has 0 radical (unpaired) electrons. The van der Waals surface area contributed by atoms with E-state index in [1.165, 1.54) is 12.5 Å². The molecule has 3 atom stereocenters. The summed E-state index contributed by atoms with van der Waals surface area (Å²) in [4.78, 5) is 0.0277. The van der Waals surface area contributed by atoms with Gasteiger partial charge in [-0.05, 0) is 48.8 Å². The molecule has 0 heterocycles. The second kappa shape index (κ2) is 5.70. The zero-order valence-corrected chi connectivity index (χ0v) is 13.8. The lowest BCUT2D eigenvalue weighted by molar-refractivity contribution is 0.390. The Bertz CT molecular complexity index is 663. The number of hydrogen-bond acceptors (Lipinski definition) is 3. The van der Waals surface area contributed by atoms with Gasteiger partial charge in [0.1, 0.15) is 4.90 Å². The molecule has 2 aliphatic carbocycles.